The van der Waals surface area contributed by atoms with Gasteiger partial charge in [0.15, 0.2) is 0 Å². The van der Waals surface area contributed by atoms with Crippen LogP contribution in [0.15, 0.2) is 70.7 Å². The van der Waals surface area contributed by atoms with E-state index in [9.17, 15) is 28.9 Å². The zero-order valence-electron chi connectivity index (χ0n) is 15.6. The van der Waals surface area contributed by atoms with Crippen LogP contribution in [0.5, 0.6) is 0 Å². The Kier molecular flexibility index (Phi) is 4.88. The van der Waals surface area contributed by atoms with E-state index in [-0.39, 0.29) is 22.7 Å². The first kappa shape index (κ1) is 19.7. The van der Waals surface area contributed by atoms with Gasteiger partial charge in [0.1, 0.15) is 22.9 Å². The summed E-state index contributed by atoms with van der Waals surface area (Å²) in [5.74, 6) is -1.83. The first-order valence-electron chi connectivity index (χ1n) is 8.85. The number of nitrogens with one attached hydrogen (secondary N) is 1. The van der Waals surface area contributed by atoms with E-state index < -0.39 is 28.6 Å². The quantitative estimate of drug-likeness (QED) is 0.297. The van der Waals surface area contributed by atoms with Crippen LogP contribution in [-0.2, 0) is 9.59 Å². The Bertz CT molecular complexity index is 1240. The fourth-order valence-electron chi connectivity index (χ4n) is 2.96. The standard InChI is InChI=1S/C21H12FN3O6/c22-13-3-7-14(8-4-13)24-20(27)17(19(26)23-21(24)28)11-16-9-10-18(31-16)12-1-5-15(6-2-12)25(29)30/h1-11H,(H,23,26,28). The average Bonchev–Trinajstić information content (AvgIpc) is 3.21. The summed E-state index contributed by atoms with van der Waals surface area (Å²) in [5, 5.41) is 12.8. The SMILES string of the molecule is O=C1NC(=O)N(c2ccc(F)cc2)C(=O)C1=Cc1ccc(-c2ccc([N+](=O)[O-])cc2)o1. The summed E-state index contributed by atoms with van der Waals surface area (Å²) in [6.45, 7) is 0. The lowest BCUT2D eigenvalue weighted by Gasteiger charge is -2.26. The molecule has 0 spiro atoms. The summed E-state index contributed by atoms with van der Waals surface area (Å²) < 4.78 is 18.8. The van der Waals surface area contributed by atoms with Gasteiger partial charge in [-0.25, -0.2) is 14.1 Å². The van der Waals surface area contributed by atoms with E-state index in [1.54, 1.807) is 6.07 Å². The van der Waals surface area contributed by atoms with Crippen LogP contribution < -0.4 is 10.2 Å². The lowest BCUT2D eigenvalue weighted by atomic mass is 10.1. The number of nitro benzene ring substituents is 1. The zero-order valence-corrected chi connectivity index (χ0v) is 15.6. The van der Waals surface area contributed by atoms with Crippen LogP contribution in [0, 0.1) is 15.9 Å². The summed E-state index contributed by atoms with van der Waals surface area (Å²) in [6.07, 6.45) is 1.18. The molecule has 1 aromatic heterocycles. The maximum atomic E-state index is 13.2. The number of rotatable bonds is 4. The summed E-state index contributed by atoms with van der Waals surface area (Å²) in [6, 6.07) is 12.4. The number of urea groups is 1. The number of nitro groups is 1. The number of furan rings is 1. The van der Waals surface area contributed by atoms with Gasteiger partial charge in [-0.3, -0.25) is 25.0 Å². The molecule has 1 N–H and O–H groups in total. The van der Waals surface area contributed by atoms with Crippen molar-refractivity contribution < 1.29 is 28.1 Å². The Morgan fingerprint density at radius 1 is 0.968 bits per heavy atom. The van der Waals surface area contributed by atoms with E-state index >= 15 is 0 Å². The normalized spacial score (nSPS) is 15.3. The molecule has 0 unspecified atom stereocenters. The number of benzene rings is 2. The Balaban J connectivity index is 1.63. The molecule has 1 aliphatic rings. The average molecular weight is 421 g/mol. The molecule has 31 heavy (non-hydrogen) atoms. The van der Waals surface area contributed by atoms with Crippen LogP contribution in [0.25, 0.3) is 17.4 Å². The number of anilines is 1. The Morgan fingerprint density at radius 2 is 1.65 bits per heavy atom. The molecule has 0 aliphatic carbocycles. The van der Waals surface area contributed by atoms with Crippen molar-refractivity contribution in [3.8, 4) is 11.3 Å². The zero-order chi connectivity index (χ0) is 22.1. The predicted octanol–water partition coefficient (Wildman–Crippen LogP) is 3.66. The fraction of sp³-hybridized carbons (Fsp3) is 0. The summed E-state index contributed by atoms with van der Waals surface area (Å²) in [4.78, 5) is 48.1. The molecular formula is C21H12FN3O6. The van der Waals surface area contributed by atoms with Crippen LogP contribution in [-0.4, -0.2) is 22.8 Å². The van der Waals surface area contributed by atoms with Gasteiger partial charge in [0.2, 0.25) is 0 Å². The third-order valence-electron chi connectivity index (χ3n) is 4.46. The first-order valence-corrected chi connectivity index (χ1v) is 8.85. The number of imide groups is 2. The van der Waals surface area contributed by atoms with E-state index in [1.807, 2.05) is 0 Å². The summed E-state index contributed by atoms with van der Waals surface area (Å²) in [5.41, 5.74) is 0.215. The Labute approximate surface area is 173 Å². The van der Waals surface area contributed by atoms with Crippen LogP contribution in [0.2, 0.25) is 0 Å². The molecule has 2 heterocycles. The number of non-ortho nitro benzene ring substituents is 1. The molecule has 3 aromatic rings. The van der Waals surface area contributed by atoms with Crippen molar-refractivity contribution in [3.63, 3.8) is 0 Å². The third kappa shape index (κ3) is 3.81. The molecule has 1 fully saturated rings. The molecule has 0 bridgehead atoms. The molecule has 4 amide bonds. The molecule has 0 saturated carbocycles. The number of amides is 4. The second-order valence-electron chi connectivity index (χ2n) is 6.44. The number of hydrogen-bond acceptors (Lipinski definition) is 6. The Morgan fingerprint density at radius 3 is 2.29 bits per heavy atom. The highest BCUT2D eigenvalue weighted by Gasteiger charge is 2.37. The number of hydrogen-bond donors (Lipinski definition) is 1. The van der Waals surface area contributed by atoms with Gasteiger partial charge < -0.3 is 4.42 Å². The number of nitrogens with zero attached hydrogens (tertiary/aromatic N) is 2. The van der Waals surface area contributed by atoms with E-state index in [1.165, 1.54) is 48.5 Å². The summed E-state index contributed by atoms with van der Waals surface area (Å²) in [7, 11) is 0. The first-order chi connectivity index (χ1) is 14.8. The van der Waals surface area contributed by atoms with Crippen molar-refractivity contribution in [3.05, 3.63) is 87.9 Å². The molecule has 9 nitrogen and oxygen atoms in total. The molecule has 2 aromatic carbocycles. The van der Waals surface area contributed by atoms with Gasteiger partial charge in [0.25, 0.3) is 17.5 Å². The van der Waals surface area contributed by atoms with Crippen molar-refractivity contribution in [2.24, 2.45) is 0 Å². The number of halogens is 1. The molecule has 4 rings (SSSR count). The van der Waals surface area contributed by atoms with Crippen molar-refractivity contribution in [2.45, 2.75) is 0 Å². The number of carbonyl (C=O) groups is 3. The van der Waals surface area contributed by atoms with Crippen molar-refractivity contribution >= 4 is 35.3 Å². The minimum absolute atomic E-state index is 0.0762. The molecule has 154 valence electrons. The molecule has 1 aliphatic heterocycles. The van der Waals surface area contributed by atoms with E-state index in [2.05, 4.69) is 5.32 Å². The highest BCUT2D eigenvalue weighted by molar-refractivity contribution is 6.39. The predicted molar refractivity (Wildman–Crippen MR) is 106 cm³/mol. The van der Waals surface area contributed by atoms with Crippen LogP contribution in [0.4, 0.5) is 20.6 Å². The van der Waals surface area contributed by atoms with Gasteiger partial charge in [-0.1, -0.05) is 0 Å². The highest BCUT2D eigenvalue weighted by atomic mass is 19.1. The van der Waals surface area contributed by atoms with Gasteiger partial charge in [-0.2, -0.15) is 0 Å². The van der Waals surface area contributed by atoms with E-state index in [0.29, 0.717) is 16.2 Å². The largest absolute Gasteiger partial charge is 0.457 e. The van der Waals surface area contributed by atoms with E-state index in [4.69, 9.17) is 4.42 Å². The fourth-order valence-corrected chi connectivity index (χ4v) is 2.96. The maximum Gasteiger partial charge on any atom is 0.335 e. The molecule has 1 saturated heterocycles. The van der Waals surface area contributed by atoms with Gasteiger partial charge in [0.05, 0.1) is 10.6 Å². The van der Waals surface area contributed by atoms with Crippen LogP contribution in [0.1, 0.15) is 5.76 Å². The van der Waals surface area contributed by atoms with Crippen molar-refractivity contribution in [1.82, 2.24) is 5.32 Å². The molecule has 10 heteroatoms. The summed E-state index contributed by atoms with van der Waals surface area (Å²) >= 11 is 0. The minimum atomic E-state index is -0.954. The van der Waals surface area contributed by atoms with Crippen LogP contribution in [0.3, 0.4) is 0 Å². The van der Waals surface area contributed by atoms with Gasteiger partial charge in [0, 0.05) is 17.7 Å². The van der Waals surface area contributed by atoms with Crippen LogP contribution >= 0.6 is 0 Å². The van der Waals surface area contributed by atoms with Gasteiger partial charge in [-0.15, -0.1) is 0 Å². The molecule has 0 radical (unpaired) electrons. The number of barbiturate groups is 1. The van der Waals surface area contributed by atoms with Crippen molar-refractivity contribution in [2.75, 3.05) is 4.90 Å². The Hall–Kier alpha value is -4.60. The minimum Gasteiger partial charge on any atom is -0.457 e. The van der Waals surface area contributed by atoms with Crippen molar-refractivity contribution in [1.29, 1.82) is 0 Å². The topological polar surface area (TPSA) is 123 Å². The second kappa shape index (κ2) is 7.67. The monoisotopic (exact) mass is 421 g/mol. The highest BCUT2D eigenvalue weighted by Crippen LogP contribution is 2.27. The third-order valence-corrected chi connectivity index (χ3v) is 4.46. The lowest BCUT2D eigenvalue weighted by Crippen LogP contribution is -2.54. The van der Waals surface area contributed by atoms with E-state index in [0.717, 1.165) is 12.1 Å². The maximum absolute atomic E-state index is 13.2. The molecule has 0 atom stereocenters. The molecular weight excluding hydrogens is 409 g/mol. The lowest BCUT2D eigenvalue weighted by molar-refractivity contribution is -0.384. The second-order valence-corrected chi connectivity index (χ2v) is 6.44. The van der Waals surface area contributed by atoms with Gasteiger partial charge in [-0.05, 0) is 54.6 Å². The smallest absolute Gasteiger partial charge is 0.335 e. The number of carbonyl (C=O) groups excluding carboxylic acids is 3. The van der Waals surface area contributed by atoms with Gasteiger partial charge >= 0.3 is 6.03 Å².